The third-order valence-corrected chi connectivity index (χ3v) is 4.48. The molecular weight excluding hydrogens is 314 g/mol. The molecule has 0 saturated carbocycles. The van der Waals surface area contributed by atoms with Gasteiger partial charge in [0.25, 0.3) is 0 Å². The standard InChI is InChI=1S/C13H18ClN3O3S/c1-20-12(19)10-11(15-9(18)5-6-14)16-13(21-10)17-7-3-2-4-8-17/h2-8H2,1H3,(H,15,18). The first kappa shape index (κ1) is 16.0. The summed E-state index contributed by atoms with van der Waals surface area (Å²) in [4.78, 5) is 30.3. The maximum atomic E-state index is 11.8. The lowest BCUT2D eigenvalue weighted by molar-refractivity contribution is -0.115. The van der Waals surface area contributed by atoms with Crippen LogP contribution in [0.3, 0.4) is 0 Å². The summed E-state index contributed by atoms with van der Waals surface area (Å²) in [5.74, 6) is -0.257. The molecule has 2 heterocycles. The summed E-state index contributed by atoms with van der Waals surface area (Å²) in [5, 5.41) is 3.38. The van der Waals surface area contributed by atoms with E-state index in [0.717, 1.165) is 31.1 Å². The molecule has 21 heavy (non-hydrogen) atoms. The maximum absolute atomic E-state index is 11.8. The number of rotatable bonds is 5. The Bertz CT molecular complexity index is 515. The Morgan fingerprint density at radius 3 is 2.71 bits per heavy atom. The van der Waals surface area contributed by atoms with Crippen LogP contribution in [0.2, 0.25) is 0 Å². The number of amides is 1. The van der Waals surface area contributed by atoms with Crippen molar-refractivity contribution in [2.45, 2.75) is 25.7 Å². The molecule has 8 heteroatoms. The fraction of sp³-hybridized carbons (Fsp3) is 0.615. The Hall–Kier alpha value is -1.34. The number of piperidine rings is 1. The predicted octanol–water partition coefficient (Wildman–Crippen LogP) is 2.49. The number of ether oxygens (including phenoxy) is 1. The van der Waals surface area contributed by atoms with Crippen molar-refractivity contribution >= 4 is 45.8 Å². The lowest BCUT2D eigenvalue weighted by Gasteiger charge is -2.25. The molecule has 1 aliphatic heterocycles. The Labute approximate surface area is 132 Å². The van der Waals surface area contributed by atoms with E-state index >= 15 is 0 Å². The second-order valence-corrected chi connectivity index (χ2v) is 6.06. The summed E-state index contributed by atoms with van der Waals surface area (Å²) in [6.45, 7) is 1.84. The zero-order valence-electron chi connectivity index (χ0n) is 11.9. The van der Waals surface area contributed by atoms with Gasteiger partial charge in [0.15, 0.2) is 15.8 Å². The number of hydrogen-bond acceptors (Lipinski definition) is 6. The van der Waals surface area contributed by atoms with Crippen LogP contribution in [0.1, 0.15) is 35.4 Å². The van der Waals surface area contributed by atoms with Crippen LogP contribution in [-0.2, 0) is 9.53 Å². The summed E-state index contributed by atoms with van der Waals surface area (Å²) in [6.07, 6.45) is 3.62. The fourth-order valence-corrected chi connectivity index (χ4v) is 3.29. The summed E-state index contributed by atoms with van der Waals surface area (Å²) < 4.78 is 4.75. The molecule has 0 unspecified atom stereocenters. The van der Waals surface area contributed by atoms with E-state index in [2.05, 4.69) is 15.2 Å². The second-order valence-electron chi connectivity index (χ2n) is 4.70. The number of methoxy groups -OCH3 is 1. The highest BCUT2D eigenvalue weighted by molar-refractivity contribution is 7.18. The first-order valence-electron chi connectivity index (χ1n) is 6.85. The molecule has 0 radical (unpaired) electrons. The quantitative estimate of drug-likeness (QED) is 0.663. The van der Waals surface area contributed by atoms with Gasteiger partial charge in [-0.25, -0.2) is 9.78 Å². The number of nitrogens with one attached hydrogen (secondary N) is 1. The molecule has 0 atom stereocenters. The first-order valence-corrected chi connectivity index (χ1v) is 8.20. The van der Waals surface area contributed by atoms with Crippen molar-refractivity contribution in [1.82, 2.24) is 4.98 Å². The number of anilines is 2. The van der Waals surface area contributed by atoms with Crippen molar-refractivity contribution < 1.29 is 14.3 Å². The third-order valence-electron chi connectivity index (χ3n) is 3.19. The van der Waals surface area contributed by atoms with Gasteiger partial charge in [-0.05, 0) is 19.3 Å². The van der Waals surface area contributed by atoms with Gasteiger partial charge in [-0.15, -0.1) is 11.6 Å². The second kappa shape index (κ2) is 7.61. The number of hydrogen-bond donors (Lipinski definition) is 1. The molecule has 1 N–H and O–H groups in total. The molecule has 116 valence electrons. The molecule has 0 spiro atoms. The van der Waals surface area contributed by atoms with Gasteiger partial charge in [0, 0.05) is 25.4 Å². The molecule has 1 fully saturated rings. The van der Waals surface area contributed by atoms with Crippen molar-refractivity contribution in [3.63, 3.8) is 0 Å². The maximum Gasteiger partial charge on any atom is 0.352 e. The number of alkyl halides is 1. The van der Waals surface area contributed by atoms with E-state index in [9.17, 15) is 9.59 Å². The van der Waals surface area contributed by atoms with Crippen LogP contribution >= 0.6 is 22.9 Å². The summed E-state index contributed by atoms with van der Waals surface area (Å²) in [5.41, 5.74) is 0. The molecule has 1 aromatic rings. The van der Waals surface area contributed by atoms with Crippen molar-refractivity contribution in [1.29, 1.82) is 0 Å². The molecule has 1 aromatic heterocycles. The van der Waals surface area contributed by atoms with E-state index in [1.165, 1.54) is 24.9 Å². The minimum absolute atomic E-state index is 0.179. The SMILES string of the molecule is COC(=O)c1sc(N2CCCCC2)nc1NC(=O)CCCl. The van der Waals surface area contributed by atoms with E-state index in [-0.39, 0.29) is 24.0 Å². The average Bonchev–Trinajstić information content (AvgIpc) is 2.91. The van der Waals surface area contributed by atoms with Gasteiger partial charge in [-0.1, -0.05) is 11.3 Å². The van der Waals surface area contributed by atoms with Crippen LogP contribution in [0.4, 0.5) is 10.9 Å². The van der Waals surface area contributed by atoms with Crippen LogP contribution in [-0.4, -0.2) is 42.9 Å². The van der Waals surface area contributed by atoms with Crippen molar-refractivity contribution in [3.05, 3.63) is 4.88 Å². The van der Waals surface area contributed by atoms with E-state index < -0.39 is 5.97 Å². The number of halogens is 1. The Morgan fingerprint density at radius 1 is 1.38 bits per heavy atom. The van der Waals surface area contributed by atoms with Crippen molar-refractivity contribution in [2.75, 3.05) is 36.3 Å². The molecule has 6 nitrogen and oxygen atoms in total. The molecule has 0 aliphatic carbocycles. The van der Waals surface area contributed by atoms with Gasteiger partial charge in [0.05, 0.1) is 7.11 Å². The van der Waals surface area contributed by atoms with Gasteiger partial charge >= 0.3 is 5.97 Å². The molecule has 1 saturated heterocycles. The number of thiazole rings is 1. The first-order chi connectivity index (χ1) is 10.2. The third kappa shape index (κ3) is 4.07. The van der Waals surface area contributed by atoms with Gasteiger partial charge in [-0.3, -0.25) is 4.79 Å². The highest BCUT2D eigenvalue weighted by atomic mass is 35.5. The Kier molecular flexibility index (Phi) is 5.81. The van der Waals surface area contributed by atoms with Gasteiger partial charge in [0.2, 0.25) is 5.91 Å². The zero-order chi connectivity index (χ0) is 15.2. The van der Waals surface area contributed by atoms with E-state index in [0.29, 0.717) is 4.88 Å². The van der Waals surface area contributed by atoms with E-state index in [4.69, 9.17) is 16.3 Å². The van der Waals surface area contributed by atoms with Crippen LogP contribution in [0, 0.1) is 0 Å². The van der Waals surface area contributed by atoms with E-state index in [1.807, 2.05) is 0 Å². The molecule has 1 amide bonds. The van der Waals surface area contributed by atoms with Crippen molar-refractivity contribution in [2.24, 2.45) is 0 Å². The van der Waals surface area contributed by atoms with Crippen molar-refractivity contribution in [3.8, 4) is 0 Å². The number of esters is 1. The largest absolute Gasteiger partial charge is 0.465 e. The fourth-order valence-electron chi connectivity index (χ4n) is 2.13. The Morgan fingerprint density at radius 2 is 2.10 bits per heavy atom. The van der Waals surface area contributed by atoms with Crippen LogP contribution in [0.25, 0.3) is 0 Å². The summed E-state index contributed by atoms with van der Waals surface area (Å²) in [6, 6.07) is 0. The average molecular weight is 332 g/mol. The summed E-state index contributed by atoms with van der Waals surface area (Å²) in [7, 11) is 1.31. The number of aromatic nitrogens is 1. The molecular formula is C13H18ClN3O3S. The molecule has 2 rings (SSSR count). The normalized spacial score (nSPS) is 14.9. The lowest BCUT2D eigenvalue weighted by Crippen LogP contribution is -2.29. The van der Waals surface area contributed by atoms with Crippen LogP contribution in [0.15, 0.2) is 0 Å². The smallest absolute Gasteiger partial charge is 0.352 e. The lowest BCUT2D eigenvalue weighted by atomic mass is 10.1. The van der Waals surface area contributed by atoms with Crippen LogP contribution < -0.4 is 10.2 Å². The molecule has 0 aromatic carbocycles. The highest BCUT2D eigenvalue weighted by Crippen LogP contribution is 2.32. The summed E-state index contributed by atoms with van der Waals surface area (Å²) >= 11 is 6.79. The Balaban J connectivity index is 2.21. The van der Waals surface area contributed by atoms with Gasteiger partial charge in [0.1, 0.15) is 0 Å². The topological polar surface area (TPSA) is 71.5 Å². The molecule has 1 aliphatic rings. The number of carbonyl (C=O) groups excluding carboxylic acids is 2. The minimum atomic E-state index is -0.489. The van der Waals surface area contributed by atoms with Crippen LogP contribution in [0.5, 0.6) is 0 Å². The minimum Gasteiger partial charge on any atom is -0.465 e. The zero-order valence-corrected chi connectivity index (χ0v) is 13.4. The van der Waals surface area contributed by atoms with Gasteiger partial charge in [-0.2, -0.15) is 0 Å². The molecule has 0 bridgehead atoms. The number of nitrogens with zero attached hydrogens (tertiary/aromatic N) is 2. The van der Waals surface area contributed by atoms with E-state index in [1.54, 1.807) is 0 Å². The number of carbonyl (C=O) groups is 2. The highest BCUT2D eigenvalue weighted by Gasteiger charge is 2.23. The van der Waals surface area contributed by atoms with Gasteiger partial charge < -0.3 is 15.0 Å². The predicted molar refractivity (Wildman–Crippen MR) is 83.5 cm³/mol. The monoisotopic (exact) mass is 331 g/mol.